The Balaban J connectivity index is 2.07. The molecule has 0 spiro atoms. The molecule has 0 atom stereocenters. The molecule has 0 aliphatic rings. The van der Waals surface area contributed by atoms with Crippen molar-refractivity contribution in [3.63, 3.8) is 0 Å². The number of nitrogen functional groups attached to an aromatic ring is 1. The second kappa shape index (κ2) is 5.30. The van der Waals surface area contributed by atoms with Gasteiger partial charge in [-0.25, -0.2) is 9.37 Å². The van der Waals surface area contributed by atoms with Crippen LogP contribution in [0.2, 0.25) is 0 Å². The summed E-state index contributed by atoms with van der Waals surface area (Å²) in [5.41, 5.74) is 5.57. The van der Waals surface area contributed by atoms with Gasteiger partial charge in [-0.05, 0) is 18.2 Å². The van der Waals surface area contributed by atoms with Crippen LogP contribution >= 0.6 is 0 Å². The summed E-state index contributed by atoms with van der Waals surface area (Å²) in [7, 11) is 0. The first-order chi connectivity index (χ1) is 9.04. The van der Waals surface area contributed by atoms with Gasteiger partial charge in [-0.2, -0.15) is 0 Å². The van der Waals surface area contributed by atoms with Gasteiger partial charge < -0.3 is 15.6 Å². The number of hydrogen-bond acceptors (Lipinski definition) is 4. The molecule has 0 unspecified atom stereocenters. The van der Waals surface area contributed by atoms with Crippen LogP contribution in [0.5, 0.6) is 0 Å². The lowest BCUT2D eigenvalue weighted by molar-refractivity contribution is -0.116. The maximum Gasteiger partial charge on any atom is 0.251 e. The Labute approximate surface area is 107 Å². The van der Waals surface area contributed by atoms with Crippen molar-refractivity contribution in [3.8, 4) is 0 Å². The molecule has 0 saturated carbocycles. The maximum absolute atomic E-state index is 12.6. The zero-order valence-corrected chi connectivity index (χ0v) is 9.84. The zero-order chi connectivity index (χ0) is 13.8. The van der Waals surface area contributed by atoms with Crippen LogP contribution in [0, 0.1) is 5.82 Å². The summed E-state index contributed by atoms with van der Waals surface area (Å²) < 4.78 is 13.8. The summed E-state index contributed by atoms with van der Waals surface area (Å²) in [5.74, 6) is -0.736. The second-order valence-corrected chi connectivity index (χ2v) is 3.84. The van der Waals surface area contributed by atoms with Crippen molar-refractivity contribution < 1.29 is 9.18 Å². The Kier molecular flexibility index (Phi) is 3.56. The molecule has 0 saturated heterocycles. The predicted molar refractivity (Wildman–Crippen MR) is 67.9 cm³/mol. The molecule has 2 aromatic heterocycles. The molecular weight excluding hydrogens is 251 g/mol. The number of halogens is 1. The van der Waals surface area contributed by atoms with Crippen LogP contribution in [-0.4, -0.2) is 15.5 Å². The number of aromatic nitrogens is 2. The first kappa shape index (κ1) is 12.7. The van der Waals surface area contributed by atoms with E-state index in [0.717, 1.165) is 6.20 Å². The van der Waals surface area contributed by atoms with Crippen molar-refractivity contribution in [1.82, 2.24) is 9.55 Å². The topological polar surface area (TPSA) is 90.0 Å². The molecule has 0 fully saturated rings. The number of carbonyl (C=O) groups excluding carboxylic acids is 1. The number of carbonyl (C=O) groups is 1. The lowest BCUT2D eigenvalue weighted by atomic mass is 10.4. The van der Waals surface area contributed by atoms with Crippen molar-refractivity contribution >= 4 is 17.4 Å². The van der Waals surface area contributed by atoms with Crippen LogP contribution in [0.25, 0.3) is 0 Å². The van der Waals surface area contributed by atoms with Gasteiger partial charge in [-0.15, -0.1) is 0 Å². The number of pyridine rings is 2. The summed E-state index contributed by atoms with van der Waals surface area (Å²) in [4.78, 5) is 26.8. The molecule has 0 aliphatic carbocycles. The molecule has 0 aliphatic heterocycles. The van der Waals surface area contributed by atoms with Gasteiger partial charge in [0.15, 0.2) is 0 Å². The minimum absolute atomic E-state index is 0.192. The molecule has 2 heterocycles. The van der Waals surface area contributed by atoms with Crippen LogP contribution in [0.4, 0.5) is 15.9 Å². The Bertz CT molecular complexity index is 652. The van der Waals surface area contributed by atoms with Gasteiger partial charge in [0.25, 0.3) is 5.56 Å². The average Bonchev–Trinajstić information content (AvgIpc) is 2.37. The van der Waals surface area contributed by atoms with Crippen LogP contribution in [0.1, 0.15) is 0 Å². The summed E-state index contributed by atoms with van der Waals surface area (Å²) >= 11 is 0. The molecule has 0 radical (unpaired) electrons. The minimum atomic E-state index is -0.495. The number of rotatable bonds is 3. The molecule has 19 heavy (non-hydrogen) atoms. The highest BCUT2D eigenvalue weighted by atomic mass is 19.1. The van der Waals surface area contributed by atoms with Crippen LogP contribution in [-0.2, 0) is 11.3 Å². The monoisotopic (exact) mass is 262 g/mol. The third-order valence-corrected chi connectivity index (χ3v) is 2.32. The molecule has 3 N–H and O–H groups in total. The Morgan fingerprint density at radius 1 is 1.37 bits per heavy atom. The van der Waals surface area contributed by atoms with E-state index in [1.165, 1.54) is 35.0 Å². The quantitative estimate of drug-likeness (QED) is 0.847. The van der Waals surface area contributed by atoms with Gasteiger partial charge in [0, 0.05) is 18.0 Å². The first-order valence-electron chi connectivity index (χ1n) is 5.42. The Morgan fingerprint density at radius 2 is 2.16 bits per heavy atom. The van der Waals surface area contributed by atoms with Gasteiger partial charge in [-0.1, -0.05) is 0 Å². The van der Waals surface area contributed by atoms with Crippen molar-refractivity contribution in [2.75, 3.05) is 11.1 Å². The summed E-state index contributed by atoms with van der Waals surface area (Å²) in [6.07, 6.45) is 2.36. The van der Waals surface area contributed by atoms with E-state index in [0.29, 0.717) is 5.69 Å². The van der Waals surface area contributed by atoms with E-state index in [1.807, 2.05) is 0 Å². The second-order valence-electron chi connectivity index (χ2n) is 3.84. The van der Waals surface area contributed by atoms with Crippen LogP contribution < -0.4 is 16.6 Å². The van der Waals surface area contributed by atoms with E-state index in [1.54, 1.807) is 0 Å². The highest BCUT2D eigenvalue weighted by Gasteiger charge is 2.06. The third-order valence-electron chi connectivity index (χ3n) is 2.32. The lowest BCUT2D eigenvalue weighted by Gasteiger charge is -2.07. The van der Waals surface area contributed by atoms with Crippen LogP contribution in [0.15, 0.2) is 41.5 Å². The molecule has 2 rings (SSSR count). The molecule has 2 aromatic rings. The van der Waals surface area contributed by atoms with E-state index in [2.05, 4.69) is 10.3 Å². The fourth-order valence-corrected chi connectivity index (χ4v) is 1.46. The highest BCUT2D eigenvalue weighted by Crippen LogP contribution is 2.03. The zero-order valence-electron chi connectivity index (χ0n) is 9.84. The van der Waals surface area contributed by atoms with E-state index in [-0.39, 0.29) is 17.9 Å². The fourth-order valence-electron chi connectivity index (χ4n) is 1.46. The summed E-state index contributed by atoms with van der Waals surface area (Å²) in [6.45, 7) is -0.192. The molecule has 0 bridgehead atoms. The predicted octanol–water partition coefficient (Wildman–Crippen LogP) is 0.603. The SMILES string of the molecule is Nc1ccc(=O)n(CC(=O)Nc2ccc(F)cn2)c1. The van der Waals surface area contributed by atoms with Crippen molar-refractivity contribution in [2.24, 2.45) is 0 Å². The number of anilines is 2. The van der Waals surface area contributed by atoms with E-state index in [9.17, 15) is 14.0 Å². The van der Waals surface area contributed by atoms with Crippen molar-refractivity contribution in [1.29, 1.82) is 0 Å². The Hall–Kier alpha value is -2.70. The molecule has 1 amide bonds. The first-order valence-corrected chi connectivity index (χ1v) is 5.42. The lowest BCUT2D eigenvalue weighted by Crippen LogP contribution is -2.27. The molecular formula is C12H11FN4O2. The van der Waals surface area contributed by atoms with Gasteiger partial charge in [-0.3, -0.25) is 9.59 Å². The van der Waals surface area contributed by atoms with Crippen LogP contribution in [0.3, 0.4) is 0 Å². The fraction of sp³-hybridized carbons (Fsp3) is 0.0833. The maximum atomic E-state index is 12.6. The molecule has 98 valence electrons. The van der Waals surface area contributed by atoms with Crippen molar-refractivity contribution in [2.45, 2.75) is 6.54 Å². The highest BCUT2D eigenvalue weighted by molar-refractivity contribution is 5.89. The molecule has 0 aromatic carbocycles. The van der Waals surface area contributed by atoms with E-state index < -0.39 is 11.7 Å². The van der Waals surface area contributed by atoms with Gasteiger partial charge in [0.2, 0.25) is 5.91 Å². The van der Waals surface area contributed by atoms with Crippen molar-refractivity contribution in [3.05, 3.63) is 52.8 Å². The van der Waals surface area contributed by atoms with Gasteiger partial charge in [0.1, 0.15) is 18.2 Å². The largest absolute Gasteiger partial charge is 0.398 e. The van der Waals surface area contributed by atoms with Gasteiger partial charge in [0.05, 0.1) is 6.20 Å². The smallest absolute Gasteiger partial charge is 0.251 e. The summed E-state index contributed by atoms with van der Waals surface area (Å²) in [6, 6.07) is 5.24. The normalized spacial score (nSPS) is 10.2. The number of nitrogens with zero attached hydrogens (tertiary/aromatic N) is 2. The number of nitrogens with two attached hydrogens (primary N) is 1. The average molecular weight is 262 g/mol. The number of nitrogens with one attached hydrogen (secondary N) is 1. The standard InChI is InChI=1S/C12H11FN4O2/c13-8-1-3-10(15-5-8)16-11(18)7-17-6-9(14)2-4-12(17)19/h1-6H,7,14H2,(H,15,16,18). The minimum Gasteiger partial charge on any atom is -0.398 e. The Morgan fingerprint density at radius 3 is 2.84 bits per heavy atom. The third kappa shape index (κ3) is 3.38. The molecule has 7 heteroatoms. The number of hydrogen-bond donors (Lipinski definition) is 2. The van der Waals surface area contributed by atoms with E-state index >= 15 is 0 Å². The van der Waals surface area contributed by atoms with E-state index in [4.69, 9.17) is 5.73 Å². The number of amides is 1. The van der Waals surface area contributed by atoms with Gasteiger partial charge >= 0.3 is 0 Å². The summed E-state index contributed by atoms with van der Waals surface area (Å²) in [5, 5.41) is 2.45. The molecule has 6 nitrogen and oxygen atoms in total.